The molecular weight excluding hydrogens is 418 g/mol. The molecule has 32 heavy (non-hydrogen) atoms. The van der Waals surface area contributed by atoms with Gasteiger partial charge in [0.15, 0.2) is 5.11 Å². The average molecular weight is 460 g/mol. The van der Waals surface area contributed by atoms with E-state index < -0.39 is 0 Å². The van der Waals surface area contributed by atoms with Crippen LogP contribution in [0.4, 0.5) is 11.4 Å². The van der Waals surface area contributed by atoms with Gasteiger partial charge in [0.1, 0.15) is 11.5 Å². The monoisotopic (exact) mass is 459 g/mol. The molecular formula is C26H41N3O2S. The highest BCUT2D eigenvalue weighted by molar-refractivity contribution is 7.80. The molecule has 178 valence electrons. The summed E-state index contributed by atoms with van der Waals surface area (Å²) in [6, 6.07) is 17.3. The molecule has 0 saturated carbocycles. The number of ether oxygens (including phenoxy) is 2. The van der Waals surface area contributed by atoms with Gasteiger partial charge in [0.2, 0.25) is 0 Å². The molecule has 0 fully saturated rings. The van der Waals surface area contributed by atoms with E-state index in [0.29, 0.717) is 36.5 Å². The van der Waals surface area contributed by atoms with Gasteiger partial charge in [-0.1, -0.05) is 0 Å². The molecule has 0 amide bonds. The van der Waals surface area contributed by atoms with Crippen LogP contribution in [0, 0.1) is 0 Å². The summed E-state index contributed by atoms with van der Waals surface area (Å²) >= 11 is 5.30. The Kier molecular flexibility index (Phi) is 12.7. The predicted molar refractivity (Wildman–Crippen MR) is 142 cm³/mol. The number of hydrogen-bond donors (Lipinski definition) is 2. The minimum Gasteiger partial charge on any atom is -0.494 e. The lowest BCUT2D eigenvalue weighted by atomic mass is 10.2. The molecule has 2 N–H and O–H groups in total. The fraction of sp³-hybridized carbons (Fsp3) is 0.500. The highest BCUT2D eigenvalue weighted by atomic mass is 32.1. The summed E-state index contributed by atoms with van der Waals surface area (Å²) in [5, 5.41) is 6.80. The minimum absolute atomic E-state index is 0.535. The van der Waals surface area contributed by atoms with Crippen LogP contribution in [0.3, 0.4) is 0 Å². The van der Waals surface area contributed by atoms with E-state index in [0.717, 1.165) is 22.9 Å². The largest absolute Gasteiger partial charge is 0.494 e. The first-order valence-electron chi connectivity index (χ1n) is 11.5. The van der Waals surface area contributed by atoms with Gasteiger partial charge < -0.3 is 20.1 Å². The molecule has 0 aliphatic rings. The normalized spacial score (nSPS) is 10.8. The van der Waals surface area contributed by atoms with E-state index in [2.05, 4.69) is 57.1 Å². The van der Waals surface area contributed by atoms with Crippen LogP contribution in [0.15, 0.2) is 48.5 Å². The maximum atomic E-state index is 5.40. The van der Waals surface area contributed by atoms with Crippen molar-refractivity contribution in [1.82, 2.24) is 4.90 Å². The van der Waals surface area contributed by atoms with Gasteiger partial charge in [0.05, 0.1) is 13.2 Å². The highest BCUT2D eigenvalue weighted by Gasteiger charge is 2.15. The maximum Gasteiger partial charge on any atom is 0.175 e. The summed E-state index contributed by atoms with van der Waals surface area (Å²) in [5.41, 5.74) is 1.82. The number of anilines is 2. The molecule has 0 aliphatic carbocycles. The third-order valence-electron chi connectivity index (χ3n) is 4.64. The second-order valence-corrected chi connectivity index (χ2v) is 8.63. The van der Waals surface area contributed by atoms with Crippen molar-refractivity contribution in [3.05, 3.63) is 48.5 Å². The van der Waals surface area contributed by atoms with Gasteiger partial charge in [-0.25, -0.2) is 0 Å². The molecule has 5 nitrogen and oxygen atoms in total. The Morgan fingerprint density at radius 3 is 1.22 bits per heavy atom. The van der Waals surface area contributed by atoms with Crippen molar-refractivity contribution in [3.63, 3.8) is 0 Å². The smallest absolute Gasteiger partial charge is 0.175 e. The van der Waals surface area contributed by atoms with Crippen LogP contribution in [-0.2, 0) is 0 Å². The number of nitrogens with zero attached hydrogens (tertiary/aromatic N) is 1. The molecule has 2 aromatic carbocycles. The number of hydrogen-bond acceptors (Lipinski definition) is 4. The fourth-order valence-corrected chi connectivity index (χ4v) is 3.92. The lowest BCUT2D eigenvalue weighted by molar-refractivity contribution is 0.133. The molecule has 0 aliphatic heterocycles. The topological polar surface area (TPSA) is 45.8 Å². The van der Waals surface area contributed by atoms with Gasteiger partial charge in [-0.3, -0.25) is 4.90 Å². The summed E-state index contributed by atoms with van der Waals surface area (Å²) in [7, 11) is 0. The minimum atomic E-state index is 0.535. The molecule has 0 heterocycles. The number of benzene rings is 2. The summed E-state index contributed by atoms with van der Waals surface area (Å²) in [6.45, 7) is 18.7. The molecule has 2 rings (SSSR count). The van der Waals surface area contributed by atoms with Gasteiger partial charge >= 0.3 is 0 Å². The number of thiocarbonyl (C=S) groups is 1. The van der Waals surface area contributed by atoms with E-state index in [1.165, 1.54) is 0 Å². The Hall–Kier alpha value is -2.31. The predicted octanol–water partition coefficient (Wildman–Crippen LogP) is 6.81. The van der Waals surface area contributed by atoms with Crippen molar-refractivity contribution in [2.24, 2.45) is 0 Å². The summed E-state index contributed by atoms with van der Waals surface area (Å²) < 4.78 is 10.8. The van der Waals surface area contributed by atoms with Gasteiger partial charge in [-0.05, 0) is 116 Å². The van der Waals surface area contributed by atoms with E-state index in [-0.39, 0.29) is 0 Å². The third kappa shape index (κ3) is 10.3. The first-order chi connectivity index (χ1) is 15.2. The second-order valence-electron chi connectivity index (χ2n) is 8.22. The van der Waals surface area contributed by atoms with Crippen molar-refractivity contribution in [2.45, 2.75) is 73.5 Å². The zero-order chi connectivity index (χ0) is 24.1. The number of nitrogens with one attached hydrogen (secondary N) is 2. The summed E-state index contributed by atoms with van der Waals surface area (Å²) in [4.78, 5) is 2.50. The van der Waals surface area contributed by atoms with Gasteiger partial charge in [0, 0.05) is 29.5 Å². The molecule has 0 spiro atoms. The van der Waals surface area contributed by atoms with E-state index in [1.54, 1.807) is 0 Å². The molecule has 0 bridgehead atoms. The Labute approximate surface area is 200 Å². The van der Waals surface area contributed by atoms with Gasteiger partial charge in [0.25, 0.3) is 0 Å². The zero-order valence-electron chi connectivity index (χ0n) is 20.9. The van der Waals surface area contributed by atoms with E-state index in [4.69, 9.17) is 21.7 Å². The SMILES string of the molecule is CC(C)N(C(C)C)C(C)C.CCOc1ccc(NC(=S)Nc2ccc(OCC)cc2)cc1. The average Bonchev–Trinajstić information content (AvgIpc) is 2.71. The standard InChI is InChI=1S/C17H20N2O2S.C9H21N/c1-3-20-15-9-5-13(6-10-15)18-17(22)19-14-7-11-16(12-8-14)21-4-2;1-7(2)10(8(3)4)9(5)6/h5-12H,3-4H2,1-2H3,(H2,18,19,22);7-9H,1-6H3. The van der Waals surface area contributed by atoms with Crippen molar-refractivity contribution < 1.29 is 9.47 Å². The summed E-state index contributed by atoms with van der Waals surface area (Å²) in [6.07, 6.45) is 0. The van der Waals surface area contributed by atoms with Crippen LogP contribution >= 0.6 is 12.2 Å². The quantitative estimate of drug-likeness (QED) is 0.402. The Balaban J connectivity index is 0.000000433. The lowest BCUT2D eigenvalue weighted by Crippen LogP contribution is -2.42. The molecule has 0 atom stereocenters. The number of rotatable bonds is 9. The van der Waals surface area contributed by atoms with Crippen LogP contribution in [-0.4, -0.2) is 41.4 Å². The molecule has 2 aromatic rings. The Bertz CT molecular complexity index is 702. The maximum absolute atomic E-state index is 5.40. The van der Waals surface area contributed by atoms with Crippen molar-refractivity contribution in [3.8, 4) is 11.5 Å². The van der Waals surface area contributed by atoms with Crippen LogP contribution in [0.2, 0.25) is 0 Å². The first-order valence-corrected chi connectivity index (χ1v) is 11.9. The van der Waals surface area contributed by atoms with Crippen molar-refractivity contribution in [1.29, 1.82) is 0 Å². The van der Waals surface area contributed by atoms with Gasteiger partial charge in [-0.15, -0.1) is 0 Å². The molecule has 0 aromatic heterocycles. The fourth-order valence-electron chi connectivity index (χ4n) is 3.68. The zero-order valence-corrected chi connectivity index (χ0v) is 21.8. The third-order valence-corrected chi connectivity index (χ3v) is 4.84. The summed E-state index contributed by atoms with van der Waals surface area (Å²) in [5.74, 6) is 1.69. The van der Waals surface area contributed by atoms with E-state index in [9.17, 15) is 0 Å². The highest BCUT2D eigenvalue weighted by Crippen LogP contribution is 2.18. The Morgan fingerprint density at radius 1 is 0.688 bits per heavy atom. The van der Waals surface area contributed by atoms with Crippen molar-refractivity contribution in [2.75, 3.05) is 23.8 Å². The Morgan fingerprint density at radius 2 is 1.00 bits per heavy atom. The lowest BCUT2D eigenvalue weighted by Gasteiger charge is -2.34. The van der Waals surface area contributed by atoms with Crippen LogP contribution in [0.5, 0.6) is 11.5 Å². The van der Waals surface area contributed by atoms with E-state index >= 15 is 0 Å². The molecule has 0 saturated heterocycles. The molecule has 6 heteroatoms. The van der Waals surface area contributed by atoms with E-state index in [1.807, 2.05) is 62.4 Å². The van der Waals surface area contributed by atoms with Crippen LogP contribution < -0.4 is 20.1 Å². The van der Waals surface area contributed by atoms with Crippen LogP contribution in [0.1, 0.15) is 55.4 Å². The first kappa shape index (κ1) is 27.7. The van der Waals surface area contributed by atoms with Crippen LogP contribution in [0.25, 0.3) is 0 Å². The van der Waals surface area contributed by atoms with Crippen molar-refractivity contribution >= 4 is 28.7 Å². The van der Waals surface area contributed by atoms with Gasteiger partial charge in [-0.2, -0.15) is 0 Å². The molecule has 0 unspecified atom stereocenters. The second kappa shape index (κ2) is 14.7. The molecule has 0 radical (unpaired) electrons.